The summed E-state index contributed by atoms with van der Waals surface area (Å²) in [6.07, 6.45) is -4.52. The van der Waals surface area contributed by atoms with E-state index in [2.05, 4.69) is 31.9 Å². The van der Waals surface area contributed by atoms with Crippen molar-refractivity contribution in [2.75, 3.05) is 17.2 Å². The third-order valence-electron chi connectivity index (χ3n) is 4.82. The van der Waals surface area contributed by atoms with E-state index in [1.807, 2.05) is 13.8 Å². The lowest BCUT2D eigenvalue weighted by Gasteiger charge is -2.13. The summed E-state index contributed by atoms with van der Waals surface area (Å²) in [4.78, 5) is 25.2. The van der Waals surface area contributed by atoms with Crippen molar-refractivity contribution in [3.8, 4) is 5.75 Å². The molecule has 194 valence electrons. The Morgan fingerprint density at radius 3 is 2.22 bits per heavy atom. The molecule has 3 rings (SSSR count). The molecule has 3 aromatic carbocycles. The SMILES string of the molecule is CC(C)COc1ccc(C(=O)NC(=S)Nc2cccc(C(=O)Nc3cccc(C(F)(F)F)c3)c2)cc1Br. The van der Waals surface area contributed by atoms with Crippen LogP contribution in [0.25, 0.3) is 0 Å². The molecule has 0 saturated carbocycles. The van der Waals surface area contributed by atoms with Gasteiger partial charge in [0.1, 0.15) is 5.75 Å². The van der Waals surface area contributed by atoms with Gasteiger partial charge in [-0.3, -0.25) is 14.9 Å². The minimum absolute atomic E-state index is 0.00306. The zero-order valence-corrected chi connectivity index (χ0v) is 22.2. The Hall–Kier alpha value is -3.44. The summed E-state index contributed by atoms with van der Waals surface area (Å²) in [6, 6.07) is 15.4. The molecular formula is C26H23BrF3N3O3S. The first-order valence-corrected chi connectivity index (χ1v) is 12.3. The van der Waals surface area contributed by atoms with Crippen molar-refractivity contribution >= 4 is 56.4 Å². The smallest absolute Gasteiger partial charge is 0.416 e. The van der Waals surface area contributed by atoms with E-state index in [9.17, 15) is 22.8 Å². The first kappa shape index (κ1) is 28.1. The Morgan fingerprint density at radius 2 is 1.57 bits per heavy atom. The number of alkyl halides is 3. The van der Waals surface area contributed by atoms with E-state index in [0.717, 1.165) is 12.1 Å². The van der Waals surface area contributed by atoms with Crippen LogP contribution in [0.1, 0.15) is 40.1 Å². The second kappa shape index (κ2) is 12.2. The van der Waals surface area contributed by atoms with Gasteiger partial charge in [0, 0.05) is 22.5 Å². The number of hydrogen-bond donors (Lipinski definition) is 3. The van der Waals surface area contributed by atoms with Gasteiger partial charge in [0.25, 0.3) is 11.8 Å². The van der Waals surface area contributed by atoms with Crippen LogP contribution in [0, 0.1) is 5.92 Å². The molecular weight excluding hydrogens is 571 g/mol. The molecule has 0 saturated heterocycles. The molecule has 0 aliphatic carbocycles. The maximum absolute atomic E-state index is 12.9. The topological polar surface area (TPSA) is 79.5 Å². The molecule has 0 heterocycles. The molecule has 6 nitrogen and oxygen atoms in total. The van der Waals surface area contributed by atoms with Gasteiger partial charge >= 0.3 is 6.18 Å². The van der Waals surface area contributed by atoms with E-state index in [4.69, 9.17) is 17.0 Å². The maximum atomic E-state index is 12.9. The third kappa shape index (κ3) is 8.29. The lowest BCUT2D eigenvalue weighted by Crippen LogP contribution is -2.34. The summed E-state index contributed by atoms with van der Waals surface area (Å²) in [7, 11) is 0. The molecule has 3 aromatic rings. The van der Waals surface area contributed by atoms with Crippen LogP contribution in [0.2, 0.25) is 0 Å². The average molecular weight is 594 g/mol. The standard InChI is InChI=1S/C26H23BrF3N3O3S/c1-15(2)14-36-22-10-9-17(12-21(22)27)24(35)33-25(37)32-19-7-3-5-16(11-19)23(34)31-20-8-4-6-18(13-20)26(28,29)30/h3-13,15H,14H2,1-2H3,(H,31,34)(H2,32,33,35,37). The Labute approximate surface area is 225 Å². The number of rotatable bonds is 7. The van der Waals surface area contributed by atoms with Gasteiger partial charge in [-0.25, -0.2) is 0 Å². The van der Waals surface area contributed by atoms with Crippen LogP contribution in [0.5, 0.6) is 5.75 Å². The molecule has 3 N–H and O–H groups in total. The zero-order valence-electron chi connectivity index (χ0n) is 19.8. The summed E-state index contributed by atoms with van der Waals surface area (Å²) < 4.78 is 45.1. The Bertz CT molecular complexity index is 1320. The predicted octanol–water partition coefficient (Wildman–Crippen LogP) is 6.88. The van der Waals surface area contributed by atoms with E-state index < -0.39 is 23.6 Å². The Morgan fingerprint density at radius 1 is 0.919 bits per heavy atom. The fraction of sp³-hybridized carbons (Fsp3) is 0.192. The number of benzene rings is 3. The molecule has 0 bridgehead atoms. The minimum Gasteiger partial charge on any atom is -0.492 e. The largest absolute Gasteiger partial charge is 0.492 e. The quantitative estimate of drug-likeness (QED) is 0.260. The lowest BCUT2D eigenvalue weighted by atomic mass is 10.1. The number of amides is 2. The molecule has 11 heteroatoms. The first-order chi connectivity index (χ1) is 17.4. The van der Waals surface area contributed by atoms with Gasteiger partial charge in [-0.2, -0.15) is 13.2 Å². The Balaban J connectivity index is 1.61. The van der Waals surface area contributed by atoms with Gasteiger partial charge < -0.3 is 15.4 Å². The van der Waals surface area contributed by atoms with Crippen molar-refractivity contribution < 1.29 is 27.5 Å². The summed E-state index contributed by atoms with van der Waals surface area (Å²) in [5, 5.41) is 7.83. The molecule has 2 amide bonds. The van der Waals surface area contributed by atoms with Gasteiger partial charge in [-0.15, -0.1) is 0 Å². The zero-order chi connectivity index (χ0) is 27.2. The number of carbonyl (C=O) groups is 2. The summed E-state index contributed by atoms with van der Waals surface area (Å²) in [5.74, 6) is -0.0933. The monoisotopic (exact) mass is 593 g/mol. The van der Waals surface area contributed by atoms with Crippen molar-refractivity contribution in [1.29, 1.82) is 0 Å². The molecule has 37 heavy (non-hydrogen) atoms. The van der Waals surface area contributed by atoms with E-state index in [1.54, 1.807) is 30.3 Å². The average Bonchev–Trinajstić information content (AvgIpc) is 2.82. The van der Waals surface area contributed by atoms with Crippen molar-refractivity contribution in [2.45, 2.75) is 20.0 Å². The van der Waals surface area contributed by atoms with Crippen LogP contribution >= 0.6 is 28.1 Å². The second-order valence-corrected chi connectivity index (χ2v) is 9.63. The van der Waals surface area contributed by atoms with E-state index in [-0.39, 0.29) is 16.4 Å². The Kier molecular flexibility index (Phi) is 9.28. The molecule has 0 aromatic heterocycles. The highest BCUT2D eigenvalue weighted by Crippen LogP contribution is 2.31. The number of hydrogen-bond acceptors (Lipinski definition) is 4. The van der Waals surface area contributed by atoms with Crippen molar-refractivity contribution in [2.24, 2.45) is 5.92 Å². The number of carbonyl (C=O) groups excluding carboxylic acids is 2. The minimum atomic E-state index is -4.52. The number of thiocarbonyl (C=S) groups is 1. The predicted molar refractivity (Wildman–Crippen MR) is 144 cm³/mol. The highest BCUT2D eigenvalue weighted by molar-refractivity contribution is 9.10. The van der Waals surface area contributed by atoms with Gasteiger partial charge in [-0.1, -0.05) is 26.0 Å². The second-order valence-electron chi connectivity index (χ2n) is 8.37. The molecule has 0 radical (unpaired) electrons. The van der Waals surface area contributed by atoms with Crippen LogP contribution in [-0.4, -0.2) is 23.5 Å². The lowest BCUT2D eigenvalue weighted by molar-refractivity contribution is -0.137. The molecule has 0 atom stereocenters. The van der Waals surface area contributed by atoms with E-state index >= 15 is 0 Å². The molecule has 0 aliphatic rings. The normalized spacial score (nSPS) is 11.1. The molecule has 0 aliphatic heterocycles. The number of halogens is 4. The fourth-order valence-corrected chi connectivity index (χ4v) is 3.77. The highest BCUT2D eigenvalue weighted by atomic mass is 79.9. The van der Waals surface area contributed by atoms with Crippen LogP contribution < -0.4 is 20.7 Å². The fourth-order valence-electron chi connectivity index (χ4n) is 3.07. The van der Waals surface area contributed by atoms with E-state index in [1.165, 1.54) is 24.3 Å². The molecule has 0 unspecified atom stereocenters. The third-order valence-corrected chi connectivity index (χ3v) is 5.65. The van der Waals surface area contributed by atoms with Crippen molar-refractivity contribution in [3.63, 3.8) is 0 Å². The summed E-state index contributed by atoms with van der Waals surface area (Å²) in [5.41, 5.74) is 0.0690. The van der Waals surface area contributed by atoms with Gasteiger partial charge in [-0.05, 0) is 88.7 Å². The van der Waals surface area contributed by atoms with Gasteiger partial charge in [0.2, 0.25) is 0 Å². The molecule has 0 spiro atoms. The van der Waals surface area contributed by atoms with Crippen LogP contribution in [0.3, 0.4) is 0 Å². The molecule has 0 fully saturated rings. The van der Waals surface area contributed by atoms with Gasteiger partial charge in [0.15, 0.2) is 5.11 Å². The number of nitrogens with one attached hydrogen (secondary N) is 3. The summed E-state index contributed by atoms with van der Waals surface area (Å²) in [6.45, 7) is 4.60. The van der Waals surface area contributed by atoms with Crippen LogP contribution in [-0.2, 0) is 6.18 Å². The highest BCUT2D eigenvalue weighted by Gasteiger charge is 2.30. The van der Waals surface area contributed by atoms with Crippen molar-refractivity contribution in [3.05, 3.63) is 87.9 Å². The first-order valence-electron chi connectivity index (χ1n) is 11.1. The van der Waals surface area contributed by atoms with Crippen molar-refractivity contribution in [1.82, 2.24) is 5.32 Å². The van der Waals surface area contributed by atoms with E-state index in [0.29, 0.717) is 34.0 Å². The number of anilines is 2. The van der Waals surface area contributed by atoms with Crippen LogP contribution in [0.15, 0.2) is 71.2 Å². The maximum Gasteiger partial charge on any atom is 0.416 e. The summed E-state index contributed by atoms with van der Waals surface area (Å²) >= 11 is 8.61. The van der Waals surface area contributed by atoms with Crippen LogP contribution in [0.4, 0.5) is 24.5 Å². The number of ether oxygens (including phenoxy) is 1. The van der Waals surface area contributed by atoms with Gasteiger partial charge in [0.05, 0.1) is 16.6 Å².